The molecule has 7 heteroatoms. The minimum Gasteiger partial charge on any atom is -0.480 e. The summed E-state index contributed by atoms with van der Waals surface area (Å²) < 4.78 is 9.22. The number of carbonyl (C=O) groups is 2. The van der Waals surface area contributed by atoms with E-state index < -0.39 is 23.5 Å². The lowest BCUT2D eigenvalue weighted by Gasteiger charge is -2.34. The maximum atomic E-state index is 12.7. The number of fused-ring (bicyclic) bond motifs is 1. The first-order valence-corrected chi connectivity index (χ1v) is 8.96. The van der Waals surface area contributed by atoms with Crippen LogP contribution in [0.3, 0.4) is 0 Å². The highest BCUT2D eigenvalue weighted by Gasteiger charge is 2.42. The molecule has 0 saturated carbocycles. The molecule has 1 aliphatic rings. The lowest BCUT2D eigenvalue weighted by molar-refractivity contribution is -0.152. The molecule has 2 aromatic carbocycles. The van der Waals surface area contributed by atoms with Crippen LogP contribution in [0.4, 0.5) is 0 Å². The molecule has 1 atom stereocenters. The third-order valence-corrected chi connectivity index (χ3v) is 5.13. The van der Waals surface area contributed by atoms with Crippen LogP contribution in [0.1, 0.15) is 18.4 Å². The van der Waals surface area contributed by atoms with E-state index >= 15 is 0 Å². The first-order valence-electron chi connectivity index (χ1n) is 8.51. The molecule has 1 aliphatic heterocycles. The molecule has 0 spiro atoms. The third-order valence-electron chi connectivity index (χ3n) is 4.82. The minimum absolute atomic E-state index is 0.248. The van der Waals surface area contributed by atoms with E-state index in [2.05, 4.69) is 19.1 Å². The number of carbonyl (C=O) groups excluding carboxylic acids is 1. The molecule has 0 bridgehead atoms. The Morgan fingerprint density at radius 1 is 1.19 bits per heavy atom. The zero-order chi connectivity index (χ0) is 18.6. The second-order valence-corrected chi connectivity index (χ2v) is 6.78. The van der Waals surface area contributed by atoms with E-state index in [-0.39, 0.29) is 12.8 Å². The predicted molar refractivity (Wildman–Crippen MR) is 101 cm³/mol. The average Bonchev–Trinajstić information content (AvgIpc) is 2.66. The number of benzene rings is 2. The molecule has 1 amide bonds. The van der Waals surface area contributed by atoms with Gasteiger partial charge in [-0.2, -0.15) is 0 Å². The number of ether oxygens (including phenoxy) is 1. The van der Waals surface area contributed by atoms with Crippen molar-refractivity contribution in [3.05, 3.63) is 48.0 Å². The fourth-order valence-electron chi connectivity index (χ4n) is 3.22. The van der Waals surface area contributed by atoms with E-state index in [0.29, 0.717) is 19.6 Å². The normalized spacial score (nSPS) is 17.4. The number of carboxylic acids is 1. The molecule has 0 radical (unpaired) electrons. The Hall–Kier alpha value is -2.30. The van der Waals surface area contributed by atoms with Gasteiger partial charge in [-0.3, -0.25) is 9.54 Å². The number of hydrogen-bond acceptors (Lipinski definition) is 4. The van der Waals surface area contributed by atoms with Crippen molar-refractivity contribution in [2.75, 3.05) is 13.2 Å². The Morgan fingerprint density at radius 2 is 1.88 bits per heavy atom. The van der Waals surface area contributed by atoms with Gasteiger partial charge in [0, 0.05) is 32.5 Å². The summed E-state index contributed by atoms with van der Waals surface area (Å²) in [7, 11) is 3.09. The van der Waals surface area contributed by atoms with Crippen molar-refractivity contribution >= 4 is 31.7 Å². The van der Waals surface area contributed by atoms with E-state index in [0.717, 1.165) is 16.3 Å². The predicted octanol–water partition coefficient (Wildman–Crippen LogP) is 2.83. The Balaban J connectivity index is 1.75. The van der Waals surface area contributed by atoms with Gasteiger partial charge in [-0.25, -0.2) is 4.79 Å². The van der Waals surface area contributed by atoms with Crippen LogP contribution in [0, 0.1) is 0 Å². The van der Waals surface area contributed by atoms with Crippen LogP contribution in [0.5, 0.6) is 0 Å². The number of amides is 1. The Kier molecular flexibility index (Phi) is 5.64. The molecule has 0 aromatic heterocycles. The van der Waals surface area contributed by atoms with E-state index in [1.54, 1.807) is 0 Å². The summed E-state index contributed by atoms with van der Waals surface area (Å²) in [5, 5.41) is 14.5. The van der Waals surface area contributed by atoms with Gasteiger partial charge in [0.2, 0.25) is 5.91 Å². The number of nitrogens with zero attached hydrogens (tertiary/aromatic N) is 1. The average molecular weight is 372 g/mol. The van der Waals surface area contributed by atoms with Gasteiger partial charge in [0.1, 0.15) is 11.6 Å². The van der Waals surface area contributed by atoms with E-state index in [4.69, 9.17) is 4.74 Å². The summed E-state index contributed by atoms with van der Waals surface area (Å²) in [5.41, 5.74) is -0.323. The van der Waals surface area contributed by atoms with E-state index in [9.17, 15) is 14.7 Å². The van der Waals surface area contributed by atoms with Gasteiger partial charge in [0.15, 0.2) is 0 Å². The van der Waals surface area contributed by atoms with Gasteiger partial charge in [-0.1, -0.05) is 42.5 Å². The Bertz CT molecular complexity index is 833. The SMILES string of the molecule is O=C(NC1(C(=O)O)CCOCC1)[C@H](Cc1ccc2ccccc2c1)N=P. The smallest absolute Gasteiger partial charge is 0.329 e. The van der Waals surface area contributed by atoms with Crippen LogP contribution in [0.2, 0.25) is 0 Å². The number of rotatable bonds is 6. The lowest BCUT2D eigenvalue weighted by atomic mass is 9.89. The largest absolute Gasteiger partial charge is 0.480 e. The maximum Gasteiger partial charge on any atom is 0.329 e. The van der Waals surface area contributed by atoms with Gasteiger partial charge >= 0.3 is 5.97 Å². The highest BCUT2D eigenvalue weighted by atomic mass is 31.0. The standard InChI is InChI=1S/C19H21N2O4P/c22-17(20-19(18(23)24)7-9-25-10-8-19)16(21-26)12-13-5-6-14-3-1-2-4-15(14)11-13/h1-6,11,16,26H,7-10,12H2,(H,20,22)(H,23,24)/t16-/m0/s1. The fourth-order valence-corrected chi connectivity index (χ4v) is 3.43. The summed E-state index contributed by atoms with van der Waals surface area (Å²) in [6, 6.07) is 13.3. The number of hydrogen-bond donors (Lipinski definition) is 2. The van der Waals surface area contributed by atoms with E-state index in [1.807, 2.05) is 42.5 Å². The van der Waals surface area contributed by atoms with Crippen molar-refractivity contribution in [3.63, 3.8) is 0 Å². The molecule has 1 heterocycles. The van der Waals surface area contributed by atoms with Gasteiger partial charge < -0.3 is 15.2 Å². The minimum atomic E-state index is -1.28. The molecule has 2 aromatic rings. The summed E-state index contributed by atoms with van der Waals surface area (Å²) in [4.78, 5) is 24.4. The molecule has 3 rings (SSSR count). The maximum absolute atomic E-state index is 12.7. The molecular weight excluding hydrogens is 351 g/mol. The van der Waals surface area contributed by atoms with Crippen LogP contribution in [0.25, 0.3) is 10.8 Å². The van der Waals surface area contributed by atoms with Crippen molar-refractivity contribution in [2.24, 2.45) is 4.74 Å². The summed E-state index contributed by atoms with van der Waals surface area (Å²) in [5.74, 6) is -1.44. The second kappa shape index (κ2) is 7.94. The van der Waals surface area contributed by atoms with Crippen molar-refractivity contribution in [1.82, 2.24) is 5.32 Å². The highest BCUT2D eigenvalue weighted by Crippen LogP contribution is 2.23. The van der Waals surface area contributed by atoms with Crippen LogP contribution in [-0.2, 0) is 20.7 Å². The summed E-state index contributed by atoms with van der Waals surface area (Å²) in [6.07, 6.45) is 0.878. The summed E-state index contributed by atoms with van der Waals surface area (Å²) in [6.45, 7) is 0.625. The first kappa shape index (κ1) is 18.5. The van der Waals surface area contributed by atoms with E-state index in [1.165, 1.54) is 0 Å². The summed E-state index contributed by atoms with van der Waals surface area (Å²) >= 11 is 0. The van der Waals surface area contributed by atoms with Crippen molar-refractivity contribution in [1.29, 1.82) is 0 Å². The molecule has 6 nitrogen and oxygen atoms in total. The zero-order valence-corrected chi connectivity index (χ0v) is 15.3. The van der Waals surface area contributed by atoms with Crippen LogP contribution in [0.15, 0.2) is 47.2 Å². The molecule has 0 unspecified atom stereocenters. The molecular formula is C19H21N2O4P. The molecule has 1 saturated heterocycles. The highest BCUT2D eigenvalue weighted by molar-refractivity contribution is 7.04. The van der Waals surface area contributed by atoms with Crippen LogP contribution >= 0.6 is 9.03 Å². The van der Waals surface area contributed by atoms with Crippen LogP contribution < -0.4 is 5.32 Å². The second-order valence-electron chi connectivity index (χ2n) is 6.52. The quantitative estimate of drug-likeness (QED) is 0.764. The number of nitrogens with one attached hydrogen (secondary N) is 1. The Morgan fingerprint density at radius 3 is 2.54 bits per heavy atom. The molecule has 136 valence electrons. The molecule has 2 N–H and O–H groups in total. The monoisotopic (exact) mass is 372 g/mol. The Labute approximate surface area is 153 Å². The lowest BCUT2D eigenvalue weighted by Crippen LogP contribution is -2.59. The fraction of sp³-hybridized carbons (Fsp3) is 0.368. The van der Waals surface area contributed by atoms with Crippen LogP contribution in [-0.4, -0.2) is 41.8 Å². The number of aliphatic carboxylic acids is 1. The van der Waals surface area contributed by atoms with Gasteiger partial charge in [0.05, 0.1) is 0 Å². The van der Waals surface area contributed by atoms with Gasteiger partial charge in [-0.15, -0.1) is 0 Å². The number of carboxylic acid groups (broad SMARTS) is 1. The van der Waals surface area contributed by atoms with Crippen molar-refractivity contribution in [3.8, 4) is 0 Å². The van der Waals surface area contributed by atoms with Gasteiger partial charge in [-0.05, 0) is 25.4 Å². The van der Waals surface area contributed by atoms with Crippen molar-refractivity contribution in [2.45, 2.75) is 30.8 Å². The zero-order valence-electron chi connectivity index (χ0n) is 14.3. The molecule has 1 fully saturated rings. The third kappa shape index (κ3) is 3.92. The first-order chi connectivity index (χ1) is 12.5. The topological polar surface area (TPSA) is 88.0 Å². The molecule has 26 heavy (non-hydrogen) atoms. The molecule has 0 aliphatic carbocycles. The van der Waals surface area contributed by atoms with Crippen molar-refractivity contribution < 1.29 is 19.4 Å². The van der Waals surface area contributed by atoms with Gasteiger partial charge in [0.25, 0.3) is 0 Å².